The van der Waals surface area contributed by atoms with E-state index in [4.69, 9.17) is 5.73 Å². The molecular weight excluding hydrogens is 534 g/mol. The molecule has 250 valence electrons. The van der Waals surface area contributed by atoms with Crippen LogP contribution in [0.1, 0.15) is 124 Å². The molecule has 0 spiro atoms. The fourth-order valence-corrected chi connectivity index (χ4v) is 10.4. The van der Waals surface area contributed by atoms with Gasteiger partial charge in [0.2, 0.25) is 5.91 Å². The van der Waals surface area contributed by atoms with E-state index in [1.165, 1.54) is 70.6 Å². The number of aliphatic hydroxyl groups excluding tert-OH is 1. The summed E-state index contributed by atoms with van der Waals surface area (Å²) in [5.74, 6) is 3.37. The van der Waals surface area contributed by atoms with E-state index in [2.05, 4.69) is 35.1 Å². The van der Waals surface area contributed by atoms with Crippen LogP contribution in [0.4, 0.5) is 0 Å². The topological polar surface area (TPSA) is 111 Å². The molecule has 4 fully saturated rings. The summed E-state index contributed by atoms with van der Waals surface area (Å²) in [7, 11) is 0. The number of carbonyl (C=O) groups is 1. The Morgan fingerprint density at radius 2 is 1.51 bits per heavy atom. The first kappa shape index (κ1) is 35.1. The Balaban J connectivity index is 1.18. The van der Waals surface area contributed by atoms with E-state index in [0.717, 1.165) is 58.5 Å². The van der Waals surface area contributed by atoms with Gasteiger partial charge in [0.15, 0.2) is 0 Å². The lowest BCUT2D eigenvalue weighted by atomic mass is 9.44. The van der Waals surface area contributed by atoms with Gasteiger partial charge in [-0.1, -0.05) is 13.8 Å². The van der Waals surface area contributed by atoms with Crippen LogP contribution in [0, 0.1) is 40.4 Å². The fraction of sp³-hybridized carbons (Fsp3) is 0.972. The highest BCUT2D eigenvalue weighted by atomic mass is 16.3. The zero-order valence-corrected chi connectivity index (χ0v) is 28.4. The molecule has 0 aromatic rings. The van der Waals surface area contributed by atoms with E-state index < -0.39 is 0 Å². The number of nitrogens with two attached hydrogens (primary N) is 1. The molecule has 43 heavy (non-hydrogen) atoms. The minimum absolute atomic E-state index is 0.137. The monoisotopic (exact) mass is 604 g/mol. The maximum Gasteiger partial charge on any atom is 0.220 e. The summed E-state index contributed by atoms with van der Waals surface area (Å²) in [4.78, 5) is 12.2. The molecule has 7 nitrogen and oxygen atoms in total. The number of amides is 1. The van der Waals surface area contributed by atoms with Crippen molar-refractivity contribution in [3.63, 3.8) is 0 Å². The Morgan fingerprint density at radius 3 is 2.23 bits per heavy atom. The van der Waals surface area contributed by atoms with Crippen LogP contribution >= 0.6 is 0 Å². The van der Waals surface area contributed by atoms with Crippen LogP contribution < -0.4 is 27.0 Å². The van der Waals surface area contributed by atoms with Crippen molar-refractivity contribution in [2.24, 2.45) is 46.2 Å². The summed E-state index contributed by atoms with van der Waals surface area (Å²) in [5.41, 5.74) is 6.26. The summed E-state index contributed by atoms with van der Waals surface area (Å²) in [6.07, 6.45) is 17.4. The van der Waals surface area contributed by atoms with Crippen LogP contribution in [0.3, 0.4) is 0 Å². The number of fused-ring (bicyclic) bond motifs is 5. The fourth-order valence-electron chi connectivity index (χ4n) is 10.4. The molecule has 4 aliphatic rings. The smallest absolute Gasteiger partial charge is 0.220 e. The molecule has 0 saturated heterocycles. The molecule has 7 heteroatoms. The summed E-state index contributed by atoms with van der Waals surface area (Å²) in [6.45, 7) is 15.5. The predicted molar refractivity (Wildman–Crippen MR) is 179 cm³/mol. The first-order valence-electron chi connectivity index (χ1n) is 18.5. The normalized spacial score (nSPS) is 37.1. The third kappa shape index (κ3) is 8.96. The maximum atomic E-state index is 12.2. The van der Waals surface area contributed by atoms with Crippen molar-refractivity contribution in [2.75, 3.05) is 39.3 Å². The second-order valence-corrected chi connectivity index (χ2v) is 15.9. The highest BCUT2D eigenvalue weighted by Crippen LogP contribution is 2.67. The average Bonchev–Trinajstić information content (AvgIpc) is 3.30. The molecule has 4 unspecified atom stereocenters. The van der Waals surface area contributed by atoms with Crippen LogP contribution in [-0.2, 0) is 4.79 Å². The second kappa shape index (κ2) is 16.7. The van der Waals surface area contributed by atoms with Gasteiger partial charge < -0.3 is 32.1 Å². The summed E-state index contributed by atoms with van der Waals surface area (Å²) in [5, 5.41) is 25.8. The van der Waals surface area contributed by atoms with Crippen molar-refractivity contribution >= 4 is 5.91 Å². The van der Waals surface area contributed by atoms with Crippen molar-refractivity contribution in [3.05, 3.63) is 0 Å². The highest BCUT2D eigenvalue weighted by Gasteiger charge is 2.62. The molecule has 7 N–H and O–H groups in total. The number of unbranched alkanes of at least 4 members (excludes halogenated alkanes) is 1. The van der Waals surface area contributed by atoms with Gasteiger partial charge in [0.25, 0.3) is 0 Å². The van der Waals surface area contributed by atoms with Gasteiger partial charge in [0.1, 0.15) is 0 Å². The summed E-state index contributed by atoms with van der Waals surface area (Å²) >= 11 is 0. The number of rotatable bonds is 18. The lowest BCUT2D eigenvalue weighted by molar-refractivity contribution is -0.165. The number of carbonyl (C=O) groups excluding carboxylic acids is 1. The highest BCUT2D eigenvalue weighted by molar-refractivity contribution is 5.76. The van der Waals surface area contributed by atoms with E-state index >= 15 is 0 Å². The molecule has 4 rings (SSSR count). The van der Waals surface area contributed by atoms with E-state index in [0.29, 0.717) is 52.9 Å². The lowest BCUT2D eigenvalue weighted by Crippen LogP contribution is -2.59. The van der Waals surface area contributed by atoms with Crippen molar-refractivity contribution < 1.29 is 9.90 Å². The Morgan fingerprint density at radius 1 is 0.837 bits per heavy atom. The first-order chi connectivity index (χ1) is 20.7. The number of nitrogens with one attached hydrogen (secondary N) is 4. The standard InChI is InChI=1S/C36H69N5O2/c1-26(2)41-33(43)11-7-10-27-12-13-30-34-31(15-17-35(27,30)3)36(4)16-14-29(24-28(36)25-32(34)42)40-23-9-22-39-20-6-5-19-38-21-8-18-37/h26-32,34,38-40,42H,5-25,37H2,1-4H3,(H,41,43)/t27-,28?,29-,30?,31?,32-,34?,35+,36-/m0/s1. The van der Waals surface area contributed by atoms with Crippen LogP contribution in [0.25, 0.3) is 0 Å². The minimum Gasteiger partial charge on any atom is -0.393 e. The molecule has 0 aliphatic heterocycles. The molecule has 0 aromatic carbocycles. The van der Waals surface area contributed by atoms with E-state index in [1.807, 2.05) is 13.8 Å². The molecule has 4 saturated carbocycles. The molecule has 0 bridgehead atoms. The number of hydrogen-bond donors (Lipinski definition) is 6. The van der Waals surface area contributed by atoms with E-state index in [1.54, 1.807) is 0 Å². The number of aliphatic hydroxyl groups is 1. The zero-order valence-electron chi connectivity index (χ0n) is 28.4. The van der Waals surface area contributed by atoms with Crippen molar-refractivity contribution in [2.45, 2.75) is 142 Å². The molecule has 0 aromatic heterocycles. The quantitative estimate of drug-likeness (QED) is 0.124. The number of hydrogen-bond acceptors (Lipinski definition) is 6. The Hall–Kier alpha value is -0.730. The minimum atomic E-state index is -0.137. The van der Waals surface area contributed by atoms with Crippen molar-refractivity contribution in [1.29, 1.82) is 0 Å². The van der Waals surface area contributed by atoms with Gasteiger partial charge in [-0.2, -0.15) is 0 Å². The van der Waals surface area contributed by atoms with Gasteiger partial charge in [-0.25, -0.2) is 0 Å². The van der Waals surface area contributed by atoms with Gasteiger partial charge in [-0.3, -0.25) is 4.79 Å². The third-order valence-corrected chi connectivity index (χ3v) is 12.8. The maximum absolute atomic E-state index is 12.2. The summed E-state index contributed by atoms with van der Waals surface area (Å²) in [6, 6.07) is 0.835. The summed E-state index contributed by atoms with van der Waals surface area (Å²) < 4.78 is 0. The molecule has 9 atom stereocenters. The van der Waals surface area contributed by atoms with Crippen LogP contribution in [-0.4, -0.2) is 68.5 Å². The van der Waals surface area contributed by atoms with Gasteiger partial charge in [-0.05, 0) is 183 Å². The molecule has 0 heterocycles. The SMILES string of the molecule is CC(C)NC(=O)CCC[C@H]1CCC2C3C(CC[C@@]21C)[C@@]1(C)CC[C@H](NCCCNCCCCNCCCN)CC1C[C@@H]3O. The van der Waals surface area contributed by atoms with Crippen LogP contribution in [0.5, 0.6) is 0 Å². The first-order valence-corrected chi connectivity index (χ1v) is 18.5. The van der Waals surface area contributed by atoms with E-state index in [9.17, 15) is 9.90 Å². The largest absolute Gasteiger partial charge is 0.393 e. The van der Waals surface area contributed by atoms with Gasteiger partial charge in [0.05, 0.1) is 6.10 Å². The molecule has 0 radical (unpaired) electrons. The zero-order chi connectivity index (χ0) is 30.9. The van der Waals surface area contributed by atoms with Crippen LogP contribution in [0.2, 0.25) is 0 Å². The predicted octanol–water partition coefficient (Wildman–Crippen LogP) is 4.97. The lowest BCUT2D eigenvalue weighted by Gasteiger charge is -2.62. The van der Waals surface area contributed by atoms with E-state index in [-0.39, 0.29) is 18.1 Å². The van der Waals surface area contributed by atoms with Gasteiger partial charge in [-0.15, -0.1) is 0 Å². The molecule has 4 aliphatic carbocycles. The van der Waals surface area contributed by atoms with Crippen molar-refractivity contribution in [1.82, 2.24) is 21.3 Å². The van der Waals surface area contributed by atoms with Gasteiger partial charge >= 0.3 is 0 Å². The Kier molecular flexibility index (Phi) is 13.7. The Bertz CT molecular complexity index is 840. The third-order valence-electron chi connectivity index (χ3n) is 12.8. The van der Waals surface area contributed by atoms with Crippen LogP contribution in [0.15, 0.2) is 0 Å². The second-order valence-electron chi connectivity index (χ2n) is 15.9. The van der Waals surface area contributed by atoms with Crippen molar-refractivity contribution in [3.8, 4) is 0 Å². The van der Waals surface area contributed by atoms with Gasteiger partial charge in [0, 0.05) is 18.5 Å². The molecular formula is C36H69N5O2. The Labute approximate surface area is 264 Å². The molecule has 1 amide bonds. The average molecular weight is 604 g/mol.